The van der Waals surface area contributed by atoms with Crippen LogP contribution in [0.3, 0.4) is 0 Å². The van der Waals surface area contributed by atoms with Gasteiger partial charge < -0.3 is 15.0 Å². The lowest BCUT2D eigenvalue weighted by Crippen LogP contribution is -2.64. The molecule has 0 unspecified atom stereocenters. The summed E-state index contributed by atoms with van der Waals surface area (Å²) in [6.07, 6.45) is 3.95. The Bertz CT molecular complexity index is 527. The van der Waals surface area contributed by atoms with E-state index in [-0.39, 0.29) is 11.4 Å². The molecule has 4 nitrogen and oxygen atoms in total. The summed E-state index contributed by atoms with van der Waals surface area (Å²) in [6.45, 7) is 4.26. The van der Waals surface area contributed by atoms with Crippen LogP contribution in [-0.4, -0.2) is 48.7 Å². The van der Waals surface area contributed by atoms with Gasteiger partial charge >= 0.3 is 0 Å². The van der Waals surface area contributed by atoms with Crippen molar-refractivity contribution in [3.63, 3.8) is 0 Å². The summed E-state index contributed by atoms with van der Waals surface area (Å²) in [5, 5.41) is 3.25. The molecule has 0 spiro atoms. The van der Waals surface area contributed by atoms with Crippen LogP contribution in [-0.2, 0) is 16.0 Å². The minimum atomic E-state index is -0.771. The van der Waals surface area contributed by atoms with Crippen LogP contribution in [0, 0.1) is 0 Å². The van der Waals surface area contributed by atoms with E-state index < -0.39 is 5.60 Å². The smallest absolute Gasteiger partial charge is 0.254 e. The number of likely N-dealkylation sites (N-methyl/N-ethyl adjacent to an activating group) is 1. The van der Waals surface area contributed by atoms with Crippen LogP contribution in [0.5, 0.6) is 0 Å². The summed E-state index contributed by atoms with van der Waals surface area (Å²) in [4.78, 5) is 15.2. The van der Waals surface area contributed by atoms with Crippen LogP contribution in [0.15, 0.2) is 30.3 Å². The molecule has 3 rings (SSSR count). The fraction of sp³-hybridized carbons (Fsp3) is 0.611. The molecule has 1 aliphatic carbocycles. The first-order chi connectivity index (χ1) is 10.5. The zero-order valence-electron chi connectivity index (χ0n) is 13.6. The van der Waals surface area contributed by atoms with Gasteiger partial charge in [0.1, 0.15) is 0 Å². The highest BCUT2D eigenvalue weighted by Crippen LogP contribution is 2.33. The van der Waals surface area contributed by atoms with Gasteiger partial charge in [-0.2, -0.15) is 0 Å². The van der Waals surface area contributed by atoms with Gasteiger partial charge in [0.05, 0.1) is 6.61 Å². The Balaban J connectivity index is 1.80. The molecular weight excluding hydrogens is 276 g/mol. The van der Waals surface area contributed by atoms with Crippen molar-refractivity contribution < 1.29 is 9.53 Å². The Morgan fingerprint density at radius 3 is 2.64 bits per heavy atom. The topological polar surface area (TPSA) is 41.6 Å². The maximum Gasteiger partial charge on any atom is 0.254 e. The fourth-order valence-electron chi connectivity index (χ4n) is 3.43. The Hall–Kier alpha value is -1.39. The lowest BCUT2D eigenvalue weighted by molar-refractivity contribution is -0.161. The number of nitrogens with one attached hydrogen (secondary N) is 1. The van der Waals surface area contributed by atoms with Crippen molar-refractivity contribution in [1.82, 2.24) is 10.2 Å². The Kier molecular flexibility index (Phi) is 4.24. The number of hydrogen-bond acceptors (Lipinski definition) is 3. The first-order valence-electron chi connectivity index (χ1n) is 8.21. The van der Waals surface area contributed by atoms with Gasteiger partial charge in [-0.05, 0) is 38.8 Å². The van der Waals surface area contributed by atoms with E-state index in [4.69, 9.17) is 4.74 Å². The molecular formula is C18H26N2O2. The van der Waals surface area contributed by atoms with Crippen molar-refractivity contribution in [1.29, 1.82) is 0 Å². The Labute approximate surface area is 132 Å². The Morgan fingerprint density at radius 1 is 1.32 bits per heavy atom. The second kappa shape index (κ2) is 6.01. The van der Waals surface area contributed by atoms with Crippen LogP contribution in [0.4, 0.5) is 0 Å². The van der Waals surface area contributed by atoms with Crippen molar-refractivity contribution in [2.45, 2.75) is 43.7 Å². The molecule has 1 aromatic carbocycles. The molecule has 1 saturated heterocycles. The van der Waals surface area contributed by atoms with Crippen molar-refractivity contribution >= 4 is 5.91 Å². The molecule has 1 aliphatic heterocycles. The third kappa shape index (κ3) is 3.18. The highest BCUT2D eigenvalue weighted by Gasteiger charge is 2.46. The van der Waals surface area contributed by atoms with Crippen LogP contribution in [0.1, 0.15) is 31.7 Å². The molecule has 4 heteroatoms. The molecule has 1 saturated carbocycles. The standard InChI is InChI=1S/C18H26N2O2/c1-17(9-6-10-17)19-16(21)18(14-20(2)11-12-22-18)13-15-7-4-3-5-8-15/h3-5,7-8H,6,9-14H2,1-2H3,(H,19,21)/t18-/m0/s1. The maximum atomic E-state index is 13.0. The van der Waals surface area contributed by atoms with E-state index in [9.17, 15) is 4.79 Å². The summed E-state index contributed by atoms with van der Waals surface area (Å²) >= 11 is 0. The molecule has 1 N–H and O–H groups in total. The van der Waals surface area contributed by atoms with Gasteiger partial charge in [-0.3, -0.25) is 4.79 Å². The van der Waals surface area contributed by atoms with Crippen LogP contribution in [0.25, 0.3) is 0 Å². The highest BCUT2D eigenvalue weighted by atomic mass is 16.5. The normalized spacial score (nSPS) is 27.9. The van der Waals surface area contributed by atoms with Gasteiger partial charge in [0, 0.05) is 25.0 Å². The van der Waals surface area contributed by atoms with Crippen molar-refractivity contribution in [2.24, 2.45) is 0 Å². The summed E-state index contributed by atoms with van der Waals surface area (Å²) < 4.78 is 6.06. The molecule has 2 aliphatic rings. The molecule has 0 radical (unpaired) electrons. The lowest BCUT2D eigenvalue weighted by Gasteiger charge is -2.45. The van der Waals surface area contributed by atoms with E-state index in [2.05, 4.69) is 36.3 Å². The average Bonchev–Trinajstić information content (AvgIpc) is 2.46. The SMILES string of the molecule is CN1CCO[C@](Cc2ccccc2)(C(=O)NC2(C)CCC2)C1. The number of nitrogens with zero attached hydrogens (tertiary/aromatic N) is 1. The first kappa shape index (κ1) is 15.5. The van der Waals surface area contributed by atoms with E-state index in [1.165, 1.54) is 6.42 Å². The number of amides is 1. The van der Waals surface area contributed by atoms with Crippen LogP contribution < -0.4 is 5.32 Å². The highest BCUT2D eigenvalue weighted by molar-refractivity contribution is 5.86. The van der Waals surface area contributed by atoms with Gasteiger partial charge in [-0.25, -0.2) is 0 Å². The van der Waals surface area contributed by atoms with Gasteiger partial charge in [0.15, 0.2) is 5.60 Å². The van der Waals surface area contributed by atoms with Gasteiger partial charge in [-0.1, -0.05) is 30.3 Å². The van der Waals surface area contributed by atoms with Crippen molar-refractivity contribution in [3.05, 3.63) is 35.9 Å². The Morgan fingerprint density at radius 2 is 2.05 bits per heavy atom. The number of carbonyl (C=O) groups is 1. The zero-order valence-corrected chi connectivity index (χ0v) is 13.6. The van der Waals surface area contributed by atoms with Crippen LogP contribution in [0.2, 0.25) is 0 Å². The van der Waals surface area contributed by atoms with E-state index in [0.717, 1.165) is 24.9 Å². The fourth-order valence-corrected chi connectivity index (χ4v) is 3.43. The molecule has 1 atom stereocenters. The van der Waals surface area contributed by atoms with Crippen molar-refractivity contribution in [3.8, 4) is 0 Å². The molecule has 120 valence electrons. The summed E-state index contributed by atoms with van der Waals surface area (Å²) in [5.41, 5.74) is 0.333. The van der Waals surface area contributed by atoms with E-state index in [1.807, 2.05) is 18.2 Å². The minimum Gasteiger partial charge on any atom is -0.362 e. The average molecular weight is 302 g/mol. The molecule has 1 aromatic rings. The van der Waals surface area contributed by atoms with Crippen molar-refractivity contribution in [2.75, 3.05) is 26.7 Å². The molecule has 0 aromatic heterocycles. The van der Waals surface area contributed by atoms with E-state index in [1.54, 1.807) is 0 Å². The second-order valence-electron chi connectivity index (χ2n) is 7.11. The summed E-state index contributed by atoms with van der Waals surface area (Å²) in [6, 6.07) is 10.2. The van der Waals surface area contributed by atoms with Gasteiger partial charge in [0.2, 0.25) is 0 Å². The quantitative estimate of drug-likeness (QED) is 0.925. The van der Waals surface area contributed by atoms with E-state index >= 15 is 0 Å². The number of hydrogen-bond donors (Lipinski definition) is 1. The number of rotatable bonds is 4. The minimum absolute atomic E-state index is 0.0415. The summed E-state index contributed by atoms with van der Waals surface area (Å²) in [5.74, 6) is 0.0464. The predicted molar refractivity (Wildman–Crippen MR) is 86.7 cm³/mol. The second-order valence-corrected chi connectivity index (χ2v) is 7.11. The molecule has 22 heavy (non-hydrogen) atoms. The molecule has 1 amide bonds. The largest absolute Gasteiger partial charge is 0.362 e. The van der Waals surface area contributed by atoms with Gasteiger partial charge in [-0.15, -0.1) is 0 Å². The monoisotopic (exact) mass is 302 g/mol. The maximum absolute atomic E-state index is 13.0. The molecule has 2 fully saturated rings. The number of morpholine rings is 1. The predicted octanol–water partition coefficient (Wildman–Crippen LogP) is 1.99. The zero-order chi connectivity index (χ0) is 15.6. The van der Waals surface area contributed by atoms with E-state index in [0.29, 0.717) is 19.6 Å². The number of benzene rings is 1. The number of carbonyl (C=O) groups excluding carboxylic acids is 1. The van der Waals surface area contributed by atoms with Crippen LogP contribution >= 0.6 is 0 Å². The molecule has 0 bridgehead atoms. The third-order valence-electron chi connectivity index (χ3n) is 5.00. The number of ether oxygens (including phenoxy) is 1. The molecule has 1 heterocycles. The lowest BCUT2D eigenvalue weighted by atomic mass is 9.77. The van der Waals surface area contributed by atoms with Gasteiger partial charge in [0.25, 0.3) is 5.91 Å². The third-order valence-corrected chi connectivity index (χ3v) is 5.00. The first-order valence-corrected chi connectivity index (χ1v) is 8.21. The summed E-state index contributed by atoms with van der Waals surface area (Å²) in [7, 11) is 2.06.